The topological polar surface area (TPSA) is 81.8 Å². The Hall–Kier alpha value is -2.32. The van der Waals surface area contributed by atoms with Crippen molar-refractivity contribution in [3.63, 3.8) is 0 Å². The molecule has 0 amide bonds. The van der Waals surface area contributed by atoms with Crippen molar-refractivity contribution in [3.8, 4) is 0 Å². The summed E-state index contributed by atoms with van der Waals surface area (Å²) in [6.45, 7) is 9.63. The molecule has 3 heterocycles. The quantitative estimate of drug-likeness (QED) is 0.684. The number of alkyl halides is 3. The molecule has 0 aromatic carbocycles. The van der Waals surface area contributed by atoms with Gasteiger partial charge in [-0.15, -0.1) is 0 Å². The summed E-state index contributed by atoms with van der Waals surface area (Å²) in [7, 11) is 0. The summed E-state index contributed by atoms with van der Waals surface area (Å²) in [5.74, 6) is 0. The van der Waals surface area contributed by atoms with Gasteiger partial charge in [-0.2, -0.15) is 28.5 Å². The molecule has 0 bridgehead atoms. The molecule has 0 saturated heterocycles. The molecule has 1 atom stereocenters. The standard InChI is InChI=1S/C5H5F3N2.C5H10N2.C5H8N2/c1-3-2-4(10-9-3)5(6,7)8;2*1-4-3-5(2)7-6-4/h2H,1H3,(H,9,10);4,6H,3H2,1-2H3;3H,1-2H3,(H,6,7). The van der Waals surface area contributed by atoms with Crippen LogP contribution < -0.4 is 5.43 Å². The molecule has 0 radical (unpaired) electrons. The number of hydrogen-bond donors (Lipinski definition) is 3. The summed E-state index contributed by atoms with van der Waals surface area (Å²) in [6, 6.07) is 3.53. The number of aromatic amines is 2. The highest BCUT2D eigenvalue weighted by atomic mass is 19.4. The molecule has 2 aromatic rings. The van der Waals surface area contributed by atoms with Gasteiger partial charge in [0, 0.05) is 29.6 Å². The van der Waals surface area contributed by atoms with Gasteiger partial charge >= 0.3 is 6.18 Å². The Morgan fingerprint density at radius 1 is 1.00 bits per heavy atom. The van der Waals surface area contributed by atoms with Crippen LogP contribution >= 0.6 is 0 Å². The summed E-state index contributed by atoms with van der Waals surface area (Å²) in [5, 5.41) is 15.9. The molecule has 0 spiro atoms. The Kier molecular flexibility index (Phi) is 6.99. The molecule has 1 unspecified atom stereocenters. The first kappa shape index (κ1) is 19.7. The Labute approximate surface area is 138 Å². The molecular weight excluding hydrogens is 321 g/mol. The Morgan fingerprint density at radius 3 is 1.75 bits per heavy atom. The van der Waals surface area contributed by atoms with E-state index in [2.05, 4.69) is 37.8 Å². The van der Waals surface area contributed by atoms with Crippen LogP contribution in [0.4, 0.5) is 13.2 Å². The third-order valence-electron chi connectivity index (χ3n) is 2.91. The monoisotopic (exact) mass is 344 g/mol. The molecule has 0 fully saturated rings. The predicted octanol–water partition coefficient (Wildman–Crippen LogP) is 3.51. The minimum absolute atomic E-state index is 0.410. The molecule has 0 aliphatic carbocycles. The maximum Gasteiger partial charge on any atom is 0.435 e. The van der Waals surface area contributed by atoms with Gasteiger partial charge in [0.05, 0.1) is 5.69 Å². The lowest BCUT2D eigenvalue weighted by atomic mass is 10.2. The SMILES string of the molecule is CC1=NNC(C)C1.Cc1cc(C(F)(F)F)n[nH]1.Cc1cc(C)[nH]n1. The molecule has 1 aliphatic heterocycles. The van der Waals surface area contributed by atoms with Gasteiger partial charge in [-0.3, -0.25) is 10.2 Å². The van der Waals surface area contributed by atoms with Crippen molar-refractivity contribution in [2.24, 2.45) is 5.10 Å². The number of halogens is 3. The highest BCUT2D eigenvalue weighted by Gasteiger charge is 2.33. The molecular formula is C15H23F3N6. The van der Waals surface area contributed by atoms with Crippen LogP contribution in [0.5, 0.6) is 0 Å². The maximum absolute atomic E-state index is 11.7. The van der Waals surface area contributed by atoms with Crippen LogP contribution in [0.3, 0.4) is 0 Å². The van der Waals surface area contributed by atoms with Crippen LogP contribution in [0.1, 0.15) is 43.0 Å². The van der Waals surface area contributed by atoms with Crippen LogP contribution in [-0.2, 0) is 6.18 Å². The zero-order valence-electron chi connectivity index (χ0n) is 14.4. The zero-order valence-corrected chi connectivity index (χ0v) is 14.4. The second-order valence-corrected chi connectivity index (χ2v) is 5.71. The van der Waals surface area contributed by atoms with Crippen molar-refractivity contribution >= 4 is 5.71 Å². The third-order valence-corrected chi connectivity index (χ3v) is 2.91. The van der Waals surface area contributed by atoms with E-state index in [9.17, 15) is 13.2 Å². The molecule has 3 N–H and O–H groups in total. The largest absolute Gasteiger partial charge is 0.435 e. The van der Waals surface area contributed by atoms with Gasteiger partial charge in [0.2, 0.25) is 0 Å². The summed E-state index contributed by atoms with van der Waals surface area (Å²) in [6.07, 6.45) is -3.22. The number of aryl methyl sites for hydroxylation is 3. The third kappa shape index (κ3) is 7.30. The van der Waals surface area contributed by atoms with Crippen LogP contribution in [0, 0.1) is 20.8 Å². The van der Waals surface area contributed by atoms with Gasteiger partial charge in [-0.25, -0.2) is 0 Å². The van der Waals surface area contributed by atoms with E-state index in [1.54, 1.807) is 0 Å². The van der Waals surface area contributed by atoms with Crippen LogP contribution in [0.15, 0.2) is 17.2 Å². The second-order valence-electron chi connectivity index (χ2n) is 5.71. The van der Waals surface area contributed by atoms with Crippen molar-refractivity contribution in [3.05, 3.63) is 34.9 Å². The van der Waals surface area contributed by atoms with Crippen molar-refractivity contribution in [1.29, 1.82) is 0 Å². The molecule has 2 aromatic heterocycles. The van der Waals surface area contributed by atoms with Crippen LogP contribution in [0.25, 0.3) is 0 Å². The summed E-state index contributed by atoms with van der Waals surface area (Å²) in [4.78, 5) is 0. The lowest BCUT2D eigenvalue weighted by Gasteiger charge is -1.98. The number of H-pyrrole nitrogens is 2. The molecule has 3 rings (SSSR count). The number of rotatable bonds is 0. The fourth-order valence-corrected chi connectivity index (χ4v) is 1.87. The van der Waals surface area contributed by atoms with E-state index in [1.807, 2.05) is 26.8 Å². The average Bonchev–Trinajstić information content (AvgIpc) is 3.14. The summed E-state index contributed by atoms with van der Waals surface area (Å²) < 4.78 is 35.2. The minimum atomic E-state index is -4.33. The van der Waals surface area contributed by atoms with E-state index < -0.39 is 11.9 Å². The van der Waals surface area contributed by atoms with E-state index in [4.69, 9.17) is 0 Å². The average molecular weight is 344 g/mol. The minimum Gasteiger partial charge on any atom is -0.307 e. The summed E-state index contributed by atoms with van der Waals surface area (Å²) in [5.41, 5.74) is 5.89. The summed E-state index contributed by atoms with van der Waals surface area (Å²) >= 11 is 0. The van der Waals surface area contributed by atoms with Crippen molar-refractivity contribution in [1.82, 2.24) is 25.8 Å². The van der Waals surface area contributed by atoms with Crippen LogP contribution in [0.2, 0.25) is 0 Å². The van der Waals surface area contributed by atoms with E-state index in [0.717, 1.165) is 23.9 Å². The van der Waals surface area contributed by atoms with Gasteiger partial charge in [0.1, 0.15) is 0 Å². The smallest absolute Gasteiger partial charge is 0.307 e. The first-order valence-electron chi connectivity index (χ1n) is 7.44. The van der Waals surface area contributed by atoms with E-state index in [-0.39, 0.29) is 0 Å². The molecule has 6 nitrogen and oxygen atoms in total. The van der Waals surface area contributed by atoms with Gasteiger partial charge in [-0.05, 0) is 46.8 Å². The molecule has 1 aliphatic rings. The number of nitrogens with one attached hydrogen (secondary N) is 3. The number of nitrogens with zero attached hydrogens (tertiary/aromatic N) is 3. The molecule has 9 heteroatoms. The highest BCUT2D eigenvalue weighted by molar-refractivity contribution is 5.83. The zero-order chi connectivity index (χ0) is 18.3. The first-order valence-corrected chi connectivity index (χ1v) is 7.44. The van der Waals surface area contributed by atoms with Crippen molar-refractivity contribution < 1.29 is 13.2 Å². The fraction of sp³-hybridized carbons (Fsp3) is 0.533. The lowest BCUT2D eigenvalue weighted by molar-refractivity contribution is -0.141. The predicted molar refractivity (Wildman–Crippen MR) is 86.7 cm³/mol. The first-order chi connectivity index (χ1) is 11.1. The number of aromatic nitrogens is 4. The Morgan fingerprint density at radius 2 is 1.58 bits per heavy atom. The Bertz CT molecular complexity index is 640. The molecule has 24 heavy (non-hydrogen) atoms. The van der Waals surface area contributed by atoms with E-state index >= 15 is 0 Å². The fourth-order valence-electron chi connectivity index (χ4n) is 1.87. The highest BCUT2D eigenvalue weighted by Crippen LogP contribution is 2.27. The Balaban J connectivity index is 0.000000185. The second kappa shape index (κ2) is 8.51. The van der Waals surface area contributed by atoms with Gasteiger partial charge < -0.3 is 5.43 Å². The molecule has 134 valence electrons. The lowest BCUT2D eigenvalue weighted by Crippen LogP contribution is -2.13. The maximum atomic E-state index is 11.7. The normalized spacial score (nSPS) is 16.3. The van der Waals surface area contributed by atoms with Gasteiger partial charge in [-0.1, -0.05) is 0 Å². The van der Waals surface area contributed by atoms with Gasteiger partial charge in [0.15, 0.2) is 5.69 Å². The van der Waals surface area contributed by atoms with Crippen molar-refractivity contribution in [2.75, 3.05) is 0 Å². The number of hydrazone groups is 1. The van der Waals surface area contributed by atoms with E-state index in [1.165, 1.54) is 12.6 Å². The van der Waals surface area contributed by atoms with E-state index in [0.29, 0.717) is 11.7 Å². The van der Waals surface area contributed by atoms with Gasteiger partial charge in [0.25, 0.3) is 0 Å². The van der Waals surface area contributed by atoms with Crippen molar-refractivity contribution in [2.45, 2.75) is 53.3 Å². The molecule has 0 saturated carbocycles. The number of hydrogen-bond acceptors (Lipinski definition) is 4. The van der Waals surface area contributed by atoms with Crippen LogP contribution in [-0.4, -0.2) is 32.1 Å².